The first-order valence-electron chi connectivity index (χ1n) is 6.81. The van der Waals surface area contributed by atoms with E-state index in [1.807, 2.05) is 38.1 Å². The van der Waals surface area contributed by atoms with Crippen LogP contribution in [0.5, 0.6) is 5.75 Å². The van der Waals surface area contributed by atoms with Crippen LogP contribution in [0.15, 0.2) is 24.3 Å². The van der Waals surface area contributed by atoms with E-state index in [2.05, 4.69) is 20.8 Å². The van der Waals surface area contributed by atoms with Gasteiger partial charge in [0.15, 0.2) is 0 Å². The number of carbonyl (C=O) groups excluding carboxylic acids is 1. The van der Waals surface area contributed by atoms with E-state index in [9.17, 15) is 4.79 Å². The molecule has 0 radical (unpaired) electrons. The van der Waals surface area contributed by atoms with Gasteiger partial charge in [0.25, 0.3) is 0 Å². The highest BCUT2D eigenvalue weighted by Crippen LogP contribution is 2.28. The van der Waals surface area contributed by atoms with Gasteiger partial charge in [-0.3, -0.25) is 4.79 Å². The lowest BCUT2D eigenvalue weighted by molar-refractivity contribution is -0.134. The fourth-order valence-corrected chi connectivity index (χ4v) is 1.38. The highest BCUT2D eigenvalue weighted by molar-refractivity contribution is 5.71. The summed E-state index contributed by atoms with van der Waals surface area (Å²) < 4.78 is 5.13. The zero-order valence-corrected chi connectivity index (χ0v) is 12.5. The normalized spacial score (nSPS) is 10.3. The predicted octanol–water partition coefficient (Wildman–Crippen LogP) is 4.72. The maximum absolute atomic E-state index is 11.1. The highest BCUT2D eigenvalue weighted by atomic mass is 16.5. The van der Waals surface area contributed by atoms with E-state index in [1.54, 1.807) is 6.92 Å². The number of rotatable bonds is 4. The Bertz CT molecular complexity index is 350. The van der Waals surface area contributed by atoms with Crippen LogP contribution in [0.25, 0.3) is 0 Å². The number of benzene rings is 1. The Balaban J connectivity index is 0.00000137. The lowest BCUT2D eigenvalue weighted by Gasteiger charge is -2.23. The Kier molecular flexibility index (Phi) is 7.33. The predicted molar refractivity (Wildman–Crippen MR) is 77.0 cm³/mol. The third-order valence-corrected chi connectivity index (χ3v) is 3.04. The first kappa shape index (κ1) is 16.7. The minimum atomic E-state index is -0.192. The monoisotopic (exact) mass is 250 g/mol. The Labute approximate surface area is 111 Å². The largest absolute Gasteiger partial charge is 0.427 e. The Morgan fingerprint density at radius 2 is 1.61 bits per heavy atom. The summed E-state index contributed by atoms with van der Waals surface area (Å²) in [4.78, 5) is 11.1. The molecule has 0 heterocycles. The van der Waals surface area contributed by atoms with Crippen molar-refractivity contribution in [3.63, 3.8) is 0 Å². The molecule has 0 saturated heterocycles. The molecule has 2 nitrogen and oxygen atoms in total. The van der Waals surface area contributed by atoms with Crippen molar-refractivity contribution in [2.75, 3.05) is 0 Å². The second-order valence-electron chi connectivity index (χ2n) is 4.59. The van der Waals surface area contributed by atoms with Crippen molar-refractivity contribution in [2.45, 2.75) is 59.8 Å². The first-order valence-corrected chi connectivity index (χ1v) is 6.81. The van der Waals surface area contributed by atoms with Crippen molar-refractivity contribution in [1.82, 2.24) is 0 Å². The third-order valence-electron chi connectivity index (χ3n) is 3.04. The number of hydrogen-bond donors (Lipinski definition) is 0. The van der Waals surface area contributed by atoms with Crippen molar-refractivity contribution in [1.29, 1.82) is 0 Å². The molecule has 1 aromatic rings. The van der Waals surface area contributed by atoms with Gasteiger partial charge in [-0.15, -0.1) is 0 Å². The number of carbonyl (C=O) groups is 1. The van der Waals surface area contributed by atoms with Gasteiger partial charge in [0.2, 0.25) is 0 Å². The summed E-state index contributed by atoms with van der Waals surface area (Å²) in [5.74, 6) is 0.435. The first-order chi connectivity index (χ1) is 8.49. The second kappa shape index (κ2) is 7.91. The Morgan fingerprint density at radius 1 is 1.11 bits per heavy atom. The van der Waals surface area contributed by atoms with Crippen LogP contribution in [0, 0.1) is 0 Å². The van der Waals surface area contributed by atoms with Gasteiger partial charge >= 0.3 is 5.97 Å². The molecule has 0 saturated carbocycles. The van der Waals surface area contributed by atoms with E-state index < -0.39 is 0 Å². The van der Waals surface area contributed by atoms with Gasteiger partial charge in [0.1, 0.15) is 5.75 Å². The zero-order valence-electron chi connectivity index (χ0n) is 12.5. The summed E-state index contributed by atoms with van der Waals surface area (Å²) >= 11 is 0. The molecule has 0 bridgehead atoms. The smallest absolute Gasteiger partial charge is 0.310 e. The number of esters is 1. The molecule has 0 fully saturated rings. The van der Waals surface area contributed by atoms with E-state index >= 15 is 0 Å². The molecule has 0 N–H and O–H groups in total. The van der Waals surface area contributed by atoms with E-state index in [4.69, 9.17) is 4.74 Å². The van der Waals surface area contributed by atoms with Crippen LogP contribution in [0.3, 0.4) is 0 Å². The van der Waals surface area contributed by atoms with Crippen molar-refractivity contribution in [3.8, 4) is 5.75 Å². The fraction of sp³-hybridized carbons (Fsp3) is 0.562. The van der Waals surface area contributed by atoms with E-state index in [0.29, 0.717) is 12.2 Å². The maximum atomic E-state index is 11.1. The maximum Gasteiger partial charge on any atom is 0.310 e. The van der Waals surface area contributed by atoms with Gasteiger partial charge in [-0.05, 0) is 29.5 Å². The quantitative estimate of drug-likeness (QED) is 0.571. The van der Waals surface area contributed by atoms with Gasteiger partial charge in [-0.25, -0.2) is 0 Å². The Morgan fingerprint density at radius 3 is 2.00 bits per heavy atom. The second-order valence-corrected chi connectivity index (χ2v) is 4.59. The lowest BCUT2D eigenvalue weighted by atomic mass is 9.82. The standard InChI is InChI=1S/C14H20O2.C2H6/c1-5-13(15)16-12-9-7-11(8-10-12)14(3,4)6-2;1-2/h7-10H,5-6H2,1-4H3;1-2H3. The van der Waals surface area contributed by atoms with Crippen molar-refractivity contribution >= 4 is 5.97 Å². The molecular formula is C16H26O2. The van der Waals surface area contributed by atoms with Crippen molar-refractivity contribution in [2.24, 2.45) is 0 Å². The van der Waals surface area contributed by atoms with Crippen LogP contribution >= 0.6 is 0 Å². The lowest BCUT2D eigenvalue weighted by Crippen LogP contribution is -2.15. The molecule has 0 aromatic heterocycles. The molecule has 102 valence electrons. The summed E-state index contributed by atoms with van der Waals surface area (Å²) in [6.45, 7) is 12.4. The summed E-state index contributed by atoms with van der Waals surface area (Å²) in [5.41, 5.74) is 1.44. The molecule has 2 heteroatoms. The minimum absolute atomic E-state index is 0.174. The average molecular weight is 250 g/mol. The van der Waals surface area contributed by atoms with Crippen LogP contribution < -0.4 is 4.74 Å². The van der Waals surface area contributed by atoms with E-state index in [0.717, 1.165) is 6.42 Å². The molecule has 0 atom stereocenters. The molecule has 18 heavy (non-hydrogen) atoms. The molecule has 0 amide bonds. The number of hydrogen-bond acceptors (Lipinski definition) is 2. The molecule has 0 aliphatic carbocycles. The summed E-state index contributed by atoms with van der Waals surface area (Å²) in [5, 5.41) is 0. The fourth-order valence-electron chi connectivity index (χ4n) is 1.38. The van der Waals surface area contributed by atoms with Crippen LogP contribution in [0.4, 0.5) is 0 Å². The van der Waals surface area contributed by atoms with Crippen LogP contribution in [0.2, 0.25) is 0 Å². The summed E-state index contributed by atoms with van der Waals surface area (Å²) in [6.07, 6.45) is 1.49. The molecule has 0 spiro atoms. The van der Waals surface area contributed by atoms with Crippen LogP contribution in [-0.4, -0.2) is 5.97 Å². The van der Waals surface area contributed by atoms with Crippen LogP contribution in [-0.2, 0) is 10.2 Å². The van der Waals surface area contributed by atoms with E-state index in [-0.39, 0.29) is 11.4 Å². The molecular weight excluding hydrogens is 224 g/mol. The van der Waals surface area contributed by atoms with Crippen molar-refractivity contribution in [3.05, 3.63) is 29.8 Å². The molecule has 0 aliphatic rings. The van der Waals surface area contributed by atoms with Gasteiger partial charge in [0.05, 0.1) is 0 Å². The topological polar surface area (TPSA) is 26.3 Å². The van der Waals surface area contributed by atoms with Gasteiger partial charge in [-0.2, -0.15) is 0 Å². The van der Waals surface area contributed by atoms with Crippen LogP contribution in [0.1, 0.15) is 59.9 Å². The third kappa shape index (κ3) is 4.91. The summed E-state index contributed by atoms with van der Waals surface area (Å²) in [6, 6.07) is 7.78. The Hall–Kier alpha value is -1.31. The van der Waals surface area contributed by atoms with Crippen molar-refractivity contribution < 1.29 is 9.53 Å². The van der Waals surface area contributed by atoms with Gasteiger partial charge < -0.3 is 4.74 Å². The zero-order chi connectivity index (χ0) is 14.2. The average Bonchev–Trinajstić information content (AvgIpc) is 2.41. The molecule has 0 unspecified atom stereocenters. The summed E-state index contributed by atoms with van der Waals surface area (Å²) in [7, 11) is 0. The SMILES string of the molecule is CC.CCC(=O)Oc1ccc(C(C)(C)CC)cc1. The van der Waals surface area contributed by atoms with Gasteiger partial charge in [-0.1, -0.05) is 53.7 Å². The highest BCUT2D eigenvalue weighted by Gasteiger charge is 2.17. The molecule has 1 aromatic carbocycles. The number of ether oxygens (including phenoxy) is 1. The minimum Gasteiger partial charge on any atom is -0.427 e. The molecule has 0 aliphatic heterocycles. The van der Waals surface area contributed by atoms with E-state index in [1.165, 1.54) is 5.56 Å². The van der Waals surface area contributed by atoms with Gasteiger partial charge in [0, 0.05) is 6.42 Å². The molecule has 1 rings (SSSR count).